The molecule has 2 aliphatic heterocycles. The molecule has 0 fully saturated rings. The Balaban J connectivity index is 1.53. The highest BCUT2D eigenvalue weighted by Crippen LogP contribution is 2.27. The molecule has 0 aromatic heterocycles. The Labute approximate surface area is 263 Å². The van der Waals surface area contributed by atoms with Crippen LogP contribution >= 0.6 is 0 Å². The standard InChI is InChI=1S/C33H44N4O8/c1-22(2)18-27-26(32(41)42)10-6-17-44-25-13-11-23(12-14-25)19-28(37-30(27)39)31(40)36-20-29(38)34-15-7-16-35-33(43)45-21-24-8-4-3-5-9-24/h3-5,8-9,11-14,22,26-28H,6-7,10,15-21H2,1-2H3,(H,34,38)(H,35,43)(H,36,40)(H,37,39)(H,41,42)/t26?,27-,28?/m1/s1. The summed E-state index contributed by atoms with van der Waals surface area (Å²) in [5.74, 6) is -3.67. The van der Waals surface area contributed by atoms with E-state index in [-0.39, 0.29) is 45.0 Å². The third kappa shape index (κ3) is 12.5. The topological polar surface area (TPSA) is 172 Å². The number of carbonyl (C=O) groups is 5. The molecule has 0 spiro atoms. The molecule has 0 radical (unpaired) electrons. The molecule has 0 saturated heterocycles. The van der Waals surface area contributed by atoms with Crippen LogP contribution in [0.1, 0.15) is 50.7 Å². The Bertz CT molecular complexity index is 1270. The van der Waals surface area contributed by atoms with Crippen LogP contribution < -0.4 is 26.0 Å². The first-order valence-electron chi connectivity index (χ1n) is 15.4. The quantitative estimate of drug-likeness (QED) is 0.224. The zero-order valence-corrected chi connectivity index (χ0v) is 25.9. The van der Waals surface area contributed by atoms with Gasteiger partial charge in [0.15, 0.2) is 0 Å². The van der Waals surface area contributed by atoms with Gasteiger partial charge in [-0.05, 0) is 54.9 Å². The second-order valence-corrected chi connectivity index (χ2v) is 11.5. The Morgan fingerprint density at radius 2 is 1.71 bits per heavy atom. The fraction of sp³-hybridized carbons (Fsp3) is 0.485. The molecule has 2 unspecified atom stereocenters. The summed E-state index contributed by atoms with van der Waals surface area (Å²) in [5.41, 5.74) is 1.63. The van der Waals surface area contributed by atoms with Gasteiger partial charge in [0, 0.05) is 19.5 Å². The van der Waals surface area contributed by atoms with Crippen molar-refractivity contribution < 1.29 is 38.6 Å². The lowest BCUT2D eigenvalue weighted by molar-refractivity contribution is -0.148. The highest BCUT2D eigenvalue weighted by Gasteiger charge is 2.36. The second kappa shape index (κ2) is 18.3. The van der Waals surface area contributed by atoms with Gasteiger partial charge in [-0.1, -0.05) is 56.3 Å². The molecule has 12 heteroatoms. The average Bonchev–Trinajstić information content (AvgIpc) is 3.01. The van der Waals surface area contributed by atoms with E-state index in [1.807, 2.05) is 44.2 Å². The minimum Gasteiger partial charge on any atom is -0.494 e. The number of benzene rings is 2. The molecule has 244 valence electrons. The molecule has 2 aromatic rings. The van der Waals surface area contributed by atoms with Crippen molar-refractivity contribution in [2.75, 3.05) is 26.2 Å². The maximum Gasteiger partial charge on any atom is 0.407 e. The lowest BCUT2D eigenvalue weighted by Gasteiger charge is -2.28. The minimum absolute atomic E-state index is 0.0515. The summed E-state index contributed by atoms with van der Waals surface area (Å²) in [7, 11) is 0. The number of carboxylic acid groups (broad SMARTS) is 1. The summed E-state index contributed by atoms with van der Waals surface area (Å²) in [4.78, 5) is 63.2. The van der Waals surface area contributed by atoms with Crippen molar-refractivity contribution in [1.29, 1.82) is 0 Å². The summed E-state index contributed by atoms with van der Waals surface area (Å²) in [6.07, 6.45) is 1.06. The Morgan fingerprint density at radius 3 is 2.40 bits per heavy atom. The minimum atomic E-state index is -1.07. The normalized spacial score (nSPS) is 18.6. The number of fused-ring (bicyclic) bond motifs is 11. The number of alkyl carbamates (subject to hydrolysis) is 1. The van der Waals surface area contributed by atoms with E-state index < -0.39 is 47.7 Å². The predicted molar refractivity (Wildman–Crippen MR) is 166 cm³/mol. The van der Waals surface area contributed by atoms with E-state index in [0.717, 1.165) is 11.1 Å². The molecule has 2 bridgehead atoms. The summed E-state index contributed by atoms with van der Waals surface area (Å²) < 4.78 is 10.9. The molecule has 12 nitrogen and oxygen atoms in total. The molecule has 2 aromatic carbocycles. The van der Waals surface area contributed by atoms with Crippen molar-refractivity contribution >= 4 is 29.8 Å². The molecule has 0 saturated carbocycles. The maximum absolute atomic E-state index is 13.5. The van der Waals surface area contributed by atoms with E-state index in [0.29, 0.717) is 31.6 Å². The number of hydrogen-bond acceptors (Lipinski definition) is 7. The smallest absolute Gasteiger partial charge is 0.407 e. The van der Waals surface area contributed by atoms with Crippen molar-refractivity contribution in [3.05, 3.63) is 65.7 Å². The van der Waals surface area contributed by atoms with Crippen molar-refractivity contribution in [3.8, 4) is 5.75 Å². The molecular formula is C33H44N4O8. The van der Waals surface area contributed by atoms with Crippen LogP contribution in [-0.2, 0) is 36.9 Å². The van der Waals surface area contributed by atoms with Crippen molar-refractivity contribution in [2.24, 2.45) is 17.8 Å². The lowest BCUT2D eigenvalue weighted by Crippen LogP contribution is -2.52. The van der Waals surface area contributed by atoms with Crippen molar-refractivity contribution in [2.45, 2.75) is 58.6 Å². The van der Waals surface area contributed by atoms with E-state index in [1.165, 1.54) is 0 Å². The largest absolute Gasteiger partial charge is 0.494 e. The zero-order valence-electron chi connectivity index (χ0n) is 25.9. The van der Waals surface area contributed by atoms with Crippen LogP contribution in [0.25, 0.3) is 0 Å². The summed E-state index contributed by atoms with van der Waals surface area (Å²) in [5, 5.41) is 20.6. The lowest BCUT2D eigenvalue weighted by atomic mass is 9.81. The maximum atomic E-state index is 13.5. The van der Waals surface area contributed by atoms with Gasteiger partial charge >= 0.3 is 12.1 Å². The molecule has 5 N–H and O–H groups in total. The highest BCUT2D eigenvalue weighted by atomic mass is 16.5. The molecule has 4 rings (SSSR count). The van der Waals surface area contributed by atoms with Gasteiger partial charge in [0.1, 0.15) is 18.4 Å². The van der Waals surface area contributed by atoms with E-state index in [4.69, 9.17) is 9.47 Å². The number of nitrogens with one attached hydrogen (secondary N) is 4. The van der Waals surface area contributed by atoms with Crippen LogP contribution in [0.4, 0.5) is 4.79 Å². The Morgan fingerprint density at radius 1 is 1.00 bits per heavy atom. The number of amides is 4. The SMILES string of the molecule is CC(C)C[C@H]1C(=O)NC(C(=O)NCC(=O)NCCCNC(=O)OCc2ccccc2)Cc2ccc(cc2)OCCCC1C(=O)O. The van der Waals surface area contributed by atoms with Crippen LogP contribution in [0.3, 0.4) is 0 Å². The van der Waals surface area contributed by atoms with E-state index in [2.05, 4.69) is 21.3 Å². The summed E-state index contributed by atoms with van der Waals surface area (Å²) in [6, 6.07) is 15.4. The van der Waals surface area contributed by atoms with Gasteiger partial charge in [0.25, 0.3) is 0 Å². The highest BCUT2D eigenvalue weighted by molar-refractivity contribution is 5.92. The second-order valence-electron chi connectivity index (χ2n) is 11.5. The van der Waals surface area contributed by atoms with Gasteiger partial charge in [-0.25, -0.2) is 4.79 Å². The van der Waals surface area contributed by atoms with Gasteiger partial charge in [0.2, 0.25) is 17.7 Å². The van der Waals surface area contributed by atoms with Gasteiger partial charge < -0.3 is 35.8 Å². The van der Waals surface area contributed by atoms with Gasteiger partial charge in [-0.2, -0.15) is 0 Å². The molecular weight excluding hydrogens is 580 g/mol. The number of rotatable bonds is 12. The van der Waals surface area contributed by atoms with Crippen LogP contribution in [0.15, 0.2) is 54.6 Å². The first kappa shape index (κ1) is 34.9. The zero-order chi connectivity index (χ0) is 32.6. The van der Waals surface area contributed by atoms with Crippen LogP contribution in [-0.4, -0.2) is 67.2 Å². The van der Waals surface area contributed by atoms with Crippen molar-refractivity contribution in [3.63, 3.8) is 0 Å². The number of hydrogen-bond donors (Lipinski definition) is 5. The van der Waals surface area contributed by atoms with Gasteiger partial charge in [-0.3, -0.25) is 19.2 Å². The molecule has 2 heterocycles. The summed E-state index contributed by atoms with van der Waals surface area (Å²) >= 11 is 0. The third-order valence-corrected chi connectivity index (χ3v) is 7.37. The van der Waals surface area contributed by atoms with E-state index in [9.17, 15) is 29.1 Å². The first-order valence-corrected chi connectivity index (χ1v) is 15.4. The monoisotopic (exact) mass is 624 g/mol. The third-order valence-electron chi connectivity index (χ3n) is 7.37. The molecule has 2 aliphatic rings. The summed E-state index contributed by atoms with van der Waals surface area (Å²) in [6.45, 7) is 4.53. The fourth-order valence-corrected chi connectivity index (χ4v) is 5.03. The Kier molecular flexibility index (Phi) is 14.1. The predicted octanol–water partition coefficient (Wildman–Crippen LogP) is 2.80. The molecule has 45 heavy (non-hydrogen) atoms. The molecule has 0 aliphatic carbocycles. The van der Waals surface area contributed by atoms with E-state index >= 15 is 0 Å². The van der Waals surface area contributed by atoms with Crippen LogP contribution in [0.2, 0.25) is 0 Å². The van der Waals surface area contributed by atoms with E-state index in [1.54, 1.807) is 24.3 Å². The number of carboxylic acids is 1. The molecule has 4 amide bonds. The van der Waals surface area contributed by atoms with Gasteiger partial charge in [-0.15, -0.1) is 0 Å². The number of ether oxygens (including phenoxy) is 2. The Hall–Kier alpha value is -4.61. The van der Waals surface area contributed by atoms with Crippen molar-refractivity contribution in [1.82, 2.24) is 21.3 Å². The fourth-order valence-electron chi connectivity index (χ4n) is 5.03. The van der Waals surface area contributed by atoms with Crippen LogP contribution in [0, 0.1) is 17.8 Å². The number of aliphatic carboxylic acids is 1. The van der Waals surface area contributed by atoms with Crippen LogP contribution in [0.5, 0.6) is 5.75 Å². The average molecular weight is 625 g/mol. The van der Waals surface area contributed by atoms with Gasteiger partial charge in [0.05, 0.1) is 25.0 Å². The number of carbonyl (C=O) groups excluding carboxylic acids is 4. The first-order chi connectivity index (χ1) is 21.6. The molecule has 3 atom stereocenters.